The van der Waals surface area contributed by atoms with E-state index in [4.69, 9.17) is 0 Å². The maximum Gasteiger partial charge on any atom is 0.143 e. The summed E-state index contributed by atoms with van der Waals surface area (Å²) < 4.78 is 14.0. The molecule has 1 atom stereocenters. The van der Waals surface area contributed by atoms with Gasteiger partial charge in [-0.05, 0) is 34.1 Å². The molecule has 0 amide bonds. The molecule has 1 heterocycles. The van der Waals surface area contributed by atoms with E-state index in [0.717, 1.165) is 0 Å². The number of halogens is 2. The van der Waals surface area contributed by atoms with Crippen LogP contribution in [0.3, 0.4) is 0 Å². The lowest BCUT2D eigenvalue weighted by molar-refractivity contribution is 0.208. The predicted octanol–water partition coefficient (Wildman–Crippen LogP) is 2.46. The molecule has 0 bridgehead atoms. The molecule has 1 aromatic heterocycles. The number of hydrogen-bond acceptors (Lipinski definition) is 3. The molecule has 1 unspecified atom stereocenters. The monoisotopic (exact) mass is 282 g/mol. The lowest BCUT2D eigenvalue weighted by atomic mass is 10.1. The fourth-order valence-electron chi connectivity index (χ4n) is 1.35. The Bertz CT molecular complexity index is 493. The van der Waals surface area contributed by atoms with Crippen LogP contribution in [0.4, 0.5) is 4.39 Å². The smallest absolute Gasteiger partial charge is 0.143 e. The van der Waals surface area contributed by atoms with Crippen molar-refractivity contribution in [2.75, 3.05) is 0 Å². The summed E-state index contributed by atoms with van der Waals surface area (Å²) in [5.74, 6) is -0.486. The highest BCUT2D eigenvalue weighted by Gasteiger charge is 2.17. The maximum atomic E-state index is 13.7. The van der Waals surface area contributed by atoms with E-state index >= 15 is 0 Å². The van der Waals surface area contributed by atoms with Gasteiger partial charge in [-0.15, -0.1) is 0 Å². The van der Waals surface area contributed by atoms with Crippen LogP contribution in [0.1, 0.15) is 17.4 Å². The predicted molar refractivity (Wildman–Crippen MR) is 60.2 cm³/mol. The number of aliphatic hydroxyl groups excluding tert-OH is 1. The number of nitrogens with zero attached hydrogens (tertiary/aromatic N) is 2. The Balaban J connectivity index is 2.42. The van der Waals surface area contributed by atoms with Gasteiger partial charge >= 0.3 is 0 Å². The molecule has 0 aliphatic rings. The third kappa shape index (κ3) is 2.10. The zero-order chi connectivity index (χ0) is 11.5. The molecule has 0 saturated carbocycles. The topological polar surface area (TPSA) is 46.0 Å². The lowest BCUT2D eigenvalue weighted by Crippen LogP contribution is -2.05. The van der Waals surface area contributed by atoms with Crippen LogP contribution in [-0.4, -0.2) is 15.3 Å². The van der Waals surface area contributed by atoms with E-state index in [1.807, 2.05) is 0 Å². The minimum Gasteiger partial charge on any atom is -0.382 e. The van der Waals surface area contributed by atoms with Crippen molar-refractivity contribution in [2.45, 2.75) is 6.10 Å². The molecule has 0 radical (unpaired) electrons. The second-order valence-corrected chi connectivity index (χ2v) is 4.05. The molecule has 0 fully saturated rings. The van der Waals surface area contributed by atoms with E-state index in [1.54, 1.807) is 24.3 Å². The summed E-state index contributed by atoms with van der Waals surface area (Å²) in [6, 6.07) is 7.98. The van der Waals surface area contributed by atoms with Crippen LogP contribution in [0.5, 0.6) is 0 Å². The first-order valence-electron chi connectivity index (χ1n) is 4.59. The molecule has 0 aliphatic heterocycles. The lowest BCUT2D eigenvalue weighted by Gasteiger charge is -2.11. The van der Waals surface area contributed by atoms with Gasteiger partial charge in [0.2, 0.25) is 0 Å². The van der Waals surface area contributed by atoms with Gasteiger partial charge in [-0.1, -0.05) is 12.1 Å². The molecular weight excluding hydrogens is 275 g/mol. The Morgan fingerprint density at radius 3 is 2.75 bits per heavy atom. The largest absolute Gasteiger partial charge is 0.382 e. The third-order valence-electron chi connectivity index (χ3n) is 2.15. The summed E-state index contributed by atoms with van der Waals surface area (Å²) in [4.78, 5) is 0. The van der Waals surface area contributed by atoms with Crippen molar-refractivity contribution in [3.63, 3.8) is 0 Å². The Hall–Kier alpha value is -1.33. The summed E-state index contributed by atoms with van der Waals surface area (Å²) in [7, 11) is 0. The van der Waals surface area contributed by atoms with Crippen molar-refractivity contribution in [3.8, 4) is 0 Å². The molecule has 2 aromatic rings. The zero-order valence-corrected chi connectivity index (χ0v) is 9.73. The van der Waals surface area contributed by atoms with E-state index in [0.29, 0.717) is 10.2 Å². The van der Waals surface area contributed by atoms with Crippen LogP contribution < -0.4 is 0 Å². The van der Waals surface area contributed by atoms with Crippen LogP contribution in [0.25, 0.3) is 0 Å². The molecular formula is C11H8BrFN2O. The first-order valence-corrected chi connectivity index (χ1v) is 5.39. The Kier molecular flexibility index (Phi) is 3.26. The molecule has 0 saturated heterocycles. The average molecular weight is 283 g/mol. The quantitative estimate of drug-likeness (QED) is 0.920. The fourth-order valence-corrected chi connectivity index (χ4v) is 1.73. The van der Waals surface area contributed by atoms with Gasteiger partial charge in [0.1, 0.15) is 11.9 Å². The van der Waals surface area contributed by atoms with Crippen molar-refractivity contribution in [3.05, 3.63) is 58.1 Å². The van der Waals surface area contributed by atoms with Gasteiger partial charge in [0.25, 0.3) is 0 Å². The van der Waals surface area contributed by atoms with Crippen LogP contribution in [0, 0.1) is 5.82 Å². The third-order valence-corrected chi connectivity index (χ3v) is 2.76. The summed E-state index contributed by atoms with van der Waals surface area (Å²) in [5, 5.41) is 17.3. The Morgan fingerprint density at radius 2 is 2.06 bits per heavy atom. The number of hydrogen-bond donors (Lipinski definition) is 1. The number of aromatic nitrogens is 2. The molecule has 5 heteroatoms. The van der Waals surface area contributed by atoms with Crippen molar-refractivity contribution in [1.82, 2.24) is 10.2 Å². The average Bonchev–Trinajstić information content (AvgIpc) is 2.33. The molecule has 16 heavy (non-hydrogen) atoms. The molecule has 82 valence electrons. The molecule has 2 rings (SSSR count). The van der Waals surface area contributed by atoms with Crippen molar-refractivity contribution in [1.29, 1.82) is 0 Å². The van der Waals surface area contributed by atoms with E-state index in [9.17, 15) is 9.50 Å². The van der Waals surface area contributed by atoms with Gasteiger partial charge < -0.3 is 5.11 Å². The first-order chi connectivity index (χ1) is 7.70. The summed E-state index contributed by atoms with van der Waals surface area (Å²) in [6.07, 6.45) is 0.388. The Labute approximate surface area is 100 Å². The van der Waals surface area contributed by atoms with Crippen LogP contribution in [-0.2, 0) is 0 Å². The zero-order valence-electron chi connectivity index (χ0n) is 8.14. The van der Waals surface area contributed by atoms with Crippen molar-refractivity contribution in [2.24, 2.45) is 0 Å². The number of rotatable bonds is 2. The van der Waals surface area contributed by atoms with E-state index in [-0.39, 0.29) is 5.56 Å². The van der Waals surface area contributed by atoms with Gasteiger partial charge in [0, 0.05) is 11.8 Å². The summed E-state index contributed by atoms with van der Waals surface area (Å²) in [5.41, 5.74) is 0.495. The normalized spacial score (nSPS) is 12.4. The summed E-state index contributed by atoms with van der Waals surface area (Å²) >= 11 is 3.06. The second-order valence-electron chi connectivity index (χ2n) is 3.19. The van der Waals surface area contributed by atoms with Gasteiger partial charge in [-0.25, -0.2) is 4.39 Å². The van der Waals surface area contributed by atoms with Gasteiger partial charge in [-0.3, -0.25) is 0 Å². The Morgan fingerprint density at radius 1 is 1.25 bits per heavy atom. The van der Waals surface area contributed by atoms with Gasteiger partial charge in [0.05, 0.1) is 10.2 Å². The summed E-state index contributed by atoms with van der Waals surface area (Å²) in [6.45, 7) is 0. The van der Waals surface area contributed by atoms with Crippen LogP contribution in [0.2, 0.25) is 0 Å². The molecule has 0 aliphatic carbocycles. The molecule has 1 N–H and O–H groups in total. The SMILES string of the molecule is OC(c1cccnn1)c1cccc(Br)c1F. The van der Waals surface area contributed by atoms with Gasteiger partial charge in [-0.2, -0.15) is 10.2 Å². The minimum atomic E-state index is -1.11. The van der Waals surface area contributed by atoms with E-state index in [1.165, 1.54) is 12.3 Å². The standard InChI is InChI=1S/C11H8BrFN2O/c12-8-4-1-3-7(10(8)13)11(16)9-5-2-6-14-15-9/h1-6,11,16H. The van der Waals surface area contributed by atoms with E-state index in [2.05, 4.69) is 26.1 Å². The van der Waals surface area contributed by atoms with Gasteiger partial charge in [0.15, 0.2) is 0 Å². The fraction of sp³-hybridized carbons (Fsp3) is 0.0909. The molecule has 1 aromatic carbocycles. The number of aliphatic hydroxyl groups is 1. The second kappa shape index (κ2) is 4.67. The van der Waals surface area contributed by atoms with Crippen LogP contribution >= 0.6 is 15.9 Å². The molecule has 3 nitrogen and oxygen atoms in total. The highest BCUT2D eigenvalue weighted by molar-refractivity contribution is 9.10. The maximum absolute atomic E-state index is 13.7. The van der Waals surface area contributed by atoms with Crippen molar-refractivity contribution >= 4 is 15.9 Å². The van der Waals surface area contributed by atoms with Crippen LogP contribution in [0.15, 0.2) is 41.0 Å². The minimum absolute atomic E-state index is 0.176. The number of benzene rings is 1. The molecule has 0 spiro atoms. The van der Waals surface area contributed by atoms with Crippen molar-refractivity contribution < 1.29 is 9.50 Å². The highest BCUT2D eigenvalue weighted by Crippen LogP contribution is 2.26. The van der Waals surface area contributed by atoms with E-state index < -0.39 is 11.9 Å². The highest BCUT2D eigenvalue weighted by atomic mass is 79.9. The first kappa shape index (κ1) is 11.2.